The van der Waals surface area contributed by atoms with Crippen LogP contribution in [-0.4, -0.2) is 17.5 Å². The van der Waals surface area contributed by atoms with Crippen molar-refractivity contribution in [2.24, 2.45) is 0 Å². The summed E-state index contributed by atoms with van der Waals surface area (Å²) in [4.78, 5) is 0.702. The predicted octanol–water partition coefficient (Wildman–Crippen LogP) is 3.28. The first kappa shape index (κ1) is 11.8. The third-order valence-corrected chi connectivity index (χ3v) is 3.93. The van der Waals surface area contributed by atoms with Gasteiger partial charge in [0, 0.05) is 17.3 Å². The lowest BCUT2D eigenvalue weighted by molar-refractivity contribution is -0.138. The van der Waals surface area contributed by atoms with Crippen molar-refractivity contribution in [1.29, 1.82) is 0 Å². The lowest BCUT2D eigenvalue weighted by Crippen LogP contribution is -2.12. The van der Waals surface area contributed by atoms with Crippen LogP contribution in [0, 0.1) is 0 Å². The number of halogens is 3. The average Bonchev–Trinajstić information content (AvgIpc) is 2.61. The van der Waals surface area contributed by atoms with E-state index in [4.69, 9.17) is 5.11 Å². The van der Waals surface area contributed by atoms with Crippen molar-refractivity contribution in [3.63, 3.8) is 0 Å². The molecule has 1 unspecified atom stereocenters. The first-order valence-corrected chi connectivity index (χ1v) is 5.96. The zero-order valence-corrected chi connectivity index (χ0v) is 9.24. The number of fused-ring (bicyclic) bond motifs is 1. The number of alkyl halides is 3. The second-order valence-electron chi connectivity index (χ2n) is 3.74. The molecule has 0 aliphatic carbocycles. The molecule has 1 aromatic carbocycles. The topological polar surface area (TPSA) is 20.2 Å². The summed E-state index contributed by atoms with van der Waals surface area (Å²) in [6.07, 6.45) is -3.91. The zero-order chi connectivity index (χ0) is 11.8. The molecule has 0 amide bonds. The smallest absolute Gasteiger partial charge is 0.396 e. The monoisotopic (exact) mass is 248 g/mol. The van der Waals surface area contributed by atoms with Gasteiger partial charge in [0.2, 0.25) is 0 Å². The van der Waals surface area contributed by atoms with Crippen molar-refractivity contribution < 1.29 is 18.3 Å². The van der Waals surface area contributed by atoms with Gasteiger partial charge in [0.25, 0.3) is 0 Å². The molecule has 0 fully saturated rings. The van der Waals surface area contributed by atoms with E-state index in [9.17, 15) is 13.2 Å². The second kappa shape index (κ2) is 4.30. The minimum Gasteiger partial charge on any atom is -0.396 e. The molecule has 0 saturated heterocycles. The van der Waals surface area contributed by atoms with E-state index < -0.39 is 11.7 Å². The number of benzene rings is 1. The number of aliphatic hydroxyl groups is 1. The molecule has 1 aliphatic heterocycles. The molecule has 1 nitrogen and oxygen atoms in total. The molecule has 16 heavy (non-hydrogen) atoms. The van der Waals surface area contributed by atoms with E-state index in [-0.39, 0.29) is 12.5 Å². The third kappa shape index (κ3) is 2.06. The lowest BCUT2D eigenvalue weighted by atomic mass is 9.93. The van der Waals surface area contributed by atoms with E-state index >= 15 is 0 Å². The summed E-state index contributed by atoms with van der Waals surface area (Å²) in [5, 5.41) is 8.86. The van der Waals surface area contributed by atoms with Crippen LogP contribution in [0.1, 0.15) is 23.5 Å². The molecule has 2 rings (SSSR count). The van der Waals surface area contributed by atoms with Gasteiger partial charge in [-0.25, -0.2) is 0 Å². The number of thioether (sulfide) groups is 1. The van der Waals surface area contributed by atoms with Gasteiger partial charge in [-0.2, -0.15) is 13.2 Å². The highest BCUT2D eigenvalue weighted by Gasteiger charge is 2.38. The Morgan fingerprint density at radius 1 is 1.38 bits per heavy atom. The van der Waals surface area contributed by atoms with Gasteiger partial charge in [0.05, 0.1) is 5.56 Å². The second-order valence-corrected chi connectivity index (χ2v) is 4.80. The Kier molecular flexibility index (Phi) is 3.17. The fraction of sp³-hybridized carbons (Fsp3) is 0.455. The molecule has 1 N–H and O–H groups in total. The summed E-state index contributed by atoms with van der Waals surface area (Å²) < 4.78 is 38.4. The minimum atomic E-state index is -4.30. The molecule has 0 bridgehead atoms. The number of hydrogen-bond donors (Lipinski definition) is 1. The summed E-state index contributed by atoms with van der Waals surface area (Å²) in [6, 6.07) is 4.28. The minimum absolute atomic E-state index is 0.0726. The fourth-order valence-corrected chi connectivity index (χ4v) is 3.32. The molecule has 1 aromatic rings. The maximum absolute atomic E-state index is 12.8. The molecule has 88 valence electrons. The van der Waals surface area contributed by atoms with Crippen molar-refractivity contribution in [2.45, 2.75) is 23.4 Å². The van der Waals surface area contributed by atoms with Gasteiger partial charge in [-0.15, -0.1) is 11.8 Å². The Morgan fingerprint density at radius 3 is 2.75 bits per heavy atom. The standard InChI is InChI=1S/C11H11F3OS/c12-11(13,14)8-2-1-3-9-10(8)7(4-5-15)6-16-9/h1-3,7,15H,4-6H2. The van der Waals surface area contributed by atoms with Crippen molar-refractivity contribution >= 4 is 11.8 Å². The SMILES string of the molecule is OCCC1CSc2cccc(C(F)(F)F)c21. The number of hydrogen-bond acceptors (Lipinski definition) is 2. The average molecular weight is 248 g/mol. The maximum Gasteiger partial charge on any atom is 0.416 e. The van der Waals surface area contributed by atoms with Crippen LogP contribution in [0.5, 0.6) is 0 Å². The van der Waals surface area contributed by atoms with E-state index in [0.29, 0.717) is 22.6 Å². The van der Waals surface area contributed by atoms with Gasteiger partial charge in [0.15, 0.2) is 0 Å². The Hall–Kier alpha value is -0.680. The van der Waals surface area contributed by atoms with E-state index in [2.05, 4.69) is 0 Å². The lowest BCUT2D eigenvalue weighted by Gasteiger charge is -2.16. The van der Waals surface area contributed by atoms with Crippen molar-refractivity contribution in [3.8, 4) is 0 Å². The summed E-state index contributed by atoms with van der Waals surface area (Å²) in [5.74, 6) is 0.450. The van der Waals surface area contributed by atoms with Gasteiger partial charge in [-0.1, -0.05) is 6.07 Å². The highest BCUT2D eigenvalue weighted by molar-refractivity contribution is 7.99. The summed E-state index contributed by atoms with van der Waals surface area (Å²) >= 11 is 1.44. The van der Waals surface area contributed by atoms with Gasteiger partial charge >= 0.3 is 6.18 Å². The normalized spacial score (nSPS) is 19.9. The van der Waals surface area contributed by atoms with E-state index in [1.54, 1.807) is 6.07 Å². The molecular weight excluding hydrogens is 237 g/mol. The van der Waals surface area contributed by atoms with Crippen molar-refractivity contribution in [3.05, 3.63) is 29.3 Å². The van der Waals surface area contributed by atoms with Crippen LogP contribution in [0.25, 0.3) is 0 Å². The molecular formula is C11H11F3OS. The first-order valence-electron chi connectivity index (χ1n) is 4.98. The van der Waals surface area contributed by atoms with Gasteiger partial charge in [0.1, 0.15) is 0 Å². The van der Waals surface area contributed by atoms with Gasteiger partial charge in [-0.3, -0.25) is 0 Å². The molecule has 1 atom stereocenters. The molecule has 1 heterocycles. The number of aliphatic hydroxyl groups excluding tert-OH is 1. The van der Waals surface area contributed by atoms with Crippen LogP contribution in [-0.2, 0) is 6.18 Å². The van der Waals surface area contributed by atoms with Crippen LogP contribution in [0.4, 0.5) is 13.2 Å². The Balaban J connectivity index is 2.45. The Morgan fingerprint density at radius 2 is 2.12 bits per heavy atom. The van der Waals surface area contributed by atoms with Gasteiger partial charge in [-0.05, 0) is 30.0 Å². The van der Waals surface area contributed by atoms with E-state index in [1.807, 2.05) is 0 Å². The Labute approximate surface area is 95.7 Å². The number of rotatable bonds is 2. The predicted molar refractivity (Wildman–Crippen MR) is 56.6 cm³/mol. The van der Waals surface area contributed by atoms with Crippen LogP contribution >= 0.6 is 11.8 Å². The first-order chi connectivity index (χ1) is 7.54. The summed E-state index contributed by atoms with van der Waals surface area (Å²) in [7, 11) is 0. The molecule has 1 aliphatic rings. The Bertz CT molecular complexity index is 387. The fourth-order valence-electron chi connectivity index (χ4n) is 2.00. The van der Waals surface area contributed by atoms with Crippen molar-refractivity contribution in [2.75, 3.05) is 12.4 Å². The maximum atomic E-state index is 12.8. The van der Waals surface area contributed by atoms with Gasteiger partial charge < -0.3 is 5.11 Å². The zero-order valence-electron chi connectivity index (χ0n) is 8.42. The van der Waals surface area contributed by atoms with E-state index in [0.717, 1.165) is 6.07 Å². The van der Waals surface area contributed by atoms with E-state index in [1.165, 1.54) is 17.8 Å². The molecule has 0 radical (unpaired) electrons. The van der Waals surface area contributed by atoms with Crippen LogP contribution < -0.4 is 0 Å². The quantitative estimate of drug-likeness (QED) is 0.866. The highest BCUT2D eigenvalue weighted by atomic mass is 32.2. The van der Waals surface area contributed by atoms with Crippen LogP contribution in [0.3, 0.4) is 0 Å². The summed E-state index contributed by atoms with van der Waals surface area (Å²) in [6.45, 7) is -0.0726. The van der Waals surface area contributed by atoms with Crippen LogP contribution in [0.2, 0.25) is 0 Å². The van der Waals surface area contributed by atoms with Crippen LogP contribution in [0.15, 0.2) is 23.1 Å². The molecule has 0 saturated carbocycles. The molecule has 5 heteroatoms. The third-order valence-electron chi connectivity index (χ3n) is 2.70. The highest BCUT2D eigenvalue weighted by Crippen LogP contribution is 2.47. The molecule has 0 aromatic heterocycles. The largest absolute Gasteiger partial charge is 0.416 e. The summed E-state index contributed by atoms with van der Waals surface area (Å²) in [5.41, 5.74) is -0.178. The van der Waals surface area contributed by atoms with Crippen molar-refractivity contribution in [1.82, 2.24) is 0 Å². The molecule has 0 spiro atoms.